The smallest absolute Gasteiger partial charge is 0.306 e. The van der Waals surface area contributed by atoms with Gasteiger partial charge in [0.05, 0.1) is 0 Å². The van der Waals surface area contributed by atoms with Crippen molar-refractivity contribution in [2.75, 3.05) is 13.2 Å². The molecule has 1 atom stereocenters. The lowest BCUT2D eigenvalue weighted by Crippen LogP contribution is -2.30. The van der Waals surface area contributed by atoms with E-state index >= 15 is 0 Å². The predicted octanol–water partition coefficient (Wildman–Crippen LogP) is 21.8. The van der Waals surface area contributed by atoms with Gasteiger partial charge in [0.2, 0.25) is 0 Å². The van der Waals surface area contributed by atoms with Gasteiger partial charge in [-0.1, -0.05) is 313 Å². The highest BCUT2D eigenvalue weighted by atomic mass is 16.6. The van der Waals surface area contributed by atoms with E-state index in [9.17, 15) is 14.4 Å². The molecule has 0 N–H and O–H groups in total. The van der Waals surface area contributed by atoms with Crippen LogP contribution < -0.4 is 0 Å². The first-order valence-corrected chi connectivity index (χ1v) is 32.1. The van der Waals surface area contributed by atoms with Gasteiger partial charge in [-0.15, -0.1) is 0 Å². The molecule has 0 radical (unpaired) electrons. The fourth-order valence-electron chi connectivity index (χ4n) is 9.56. The SMILES string of the molecule is CC/C=C\C/C=C\C/C=C\C/C=C\CCCCC(=O)OC(COC(=O)CCCCCCCCCCCCCCC)COC(=O)CCCCCCCCCCCCCCCCCCCCCCCCCCCCC. The fourth-order valence-corrected chi connectivity index (χ4v) is 9.56. The average molecular weight is 1020 g/mol. The molecule has 6 heteroatoms. The molecule has 426 valence electrons. The lowest BCUT2D eigenvalue weighted by atomic mass is 10.0. The zero-order valence-corrected chi connectivity index (χ0v) is 48.9. The Kier molecular flexibility index (Phi) is 59.7. The monoisotopic (exact) mass is 1020 g/mol. The Hall–Kier alpha value is -2.63. The van der Waals surface area contributed by atoms with Crippen LogP contribution in [0.15, 0.2) is 48.6 Å². The molecule has 6 nitrogen and oxygen atoms in total. The first kappa shape index (κ1) is 70.4. The van der Waals surface area contributed by atoms with E-state index in [1.165, 1.54) is 218 Å². The Morgan fingerprint density at radius 1 is 0.288 bits per heavy atom. The number of hydrogen-bond acceptors (Lipinski definition) is 6. The van der Waals surface area contributed by atoms with E-state index in [0.29, 0.717) is 19.3 Å². The predicted molar refractivity (Wildman–Crippen MR) is 316 cm³/mol. The summed E-state index contributed by atoms with van der Waals surface area (Å²) in [6.07, 6.45) is 77.1. The molecule has 0 aliphatic rings. The van der Waals surface area contributed by atoms with Gasteiger partial charge >= 0.3 is 17.9 Å². The van der Waals surface area contributed by atoms with Crippen molar-refractivity contribution in [3.8, 4) is 0 Å². The van der Waals surface area contributed by atoms with Gasteiger partial charge in [0, 0.05) is 19.3 Å². The van der Waals surface area contributed by atoms with Crippen LogP contribution in [-0.4, -0.2) is 37.2 Å². The molecule has 0 aromatic rings. The highest BCUT2D eigenvalue weighted by Crippen LogP contribution is 2.18. The van der Waals surface area contributed by atoms with Crippen LogP contribution in [0.1, 0.15) is 342 Å². The Bertz CT molecular complexity index is 1270. The third-order valence-electron chi connectivity index (χ3n) is 14.3. The molecule has 0 heterocycles. The van der Waals surface area contributed by atoms with Crippen molar-refractivity contribution in [3.05, 3.63) is 48.6 Å². The molecular formula is C67H122O6. The van der Waals surface area contributed by atoms with E-state index in [0.717, 1.165) is 77.0 Å². The van der Waals surface area contributed by atoms with Gasteiger partial charge in [0.25, 0.3) is 0 Å². The Labute approximate surface area is 454 Å². The van der Waals surface area contributed by atoms with E-state index in [1.807, 2.05) is 0 Å². The maximum Gasteiger partial charge on any atom is 0.306 e. The normalized spacial score (nSPS) is 12.3. The van der Waals surface area contributed by atoms with Gasteiger partial charge in [-0.25, -0.2) is 0 Å². The molecule has 73 heavy (non-hydrogen) atoms. The van der Waals surface area contributed by atoms with E-state index in [4.69, 9.17) is 14.2 Å². The molecule has 0 aliphatic carbocycles. The highest BCUT2D eigenvalue weighted by Gasteiger charge is 2.19. The van der Waals surface area contributed by atoms with Gasteiger partial charge in [0.15, 0.2) is 6.10 Å². The molecule has 0 saturated heterocycles. The molecule has 0 fully saturated rings. The molecule has 0 aromatic carbocycles. The van der Waals surface area contributed by atoms with E-state index in [-0.39, 0.29) is 37.5 Å². The van der Waals surface area contributed by atoms with Crippen molar-refractivity contribution in [3.63, 3.8) is 0 Å². The van der Waals surface area contributed by atoms with Crippen LogP contribution in [-0.2, 0) is 28.6 Å². The molecule has 0 rings (SSSR count). The second kappa shape index (κ2) is 61.9. The van der Waals surface area contributed by atoms with Gasteiger partial charge in [0.1, 0.15) is 13.2 Å². The summed E-state index contributed by atoms with van der Waals surface area (Å²) >= 11 is 0. The first-order chi connectivity index (χ1) is 36.0. The number of carbonyl (C=O) groups is 3. The van der Waals surface area contributed by atoms with Crippen molar-refractivity contribution in [1.29, 1.82) is 0 Å². The fraction of sp³-hybridized carbons (Fsp3) is 0.836. The standard InChI is InChI=1S/C67H122O6/c1-4-7-10-13-16-19-22-25-27-28-29-30-31-32-33-34-35-36-37-38-40-42-45-48-51-54-57-60-66(69)72-63-64(62-71-65(68)59-56-53-50-47-44-41-24-21-18-15-12-9-6-3)73-67(70)61-58-55-52-49-46-43-39-26-23-20-17-14-11-8-5-2/h8,11,17,20,26,39,46,49,64H,4-7,9-10,12-16,18-19,21-25,27-38,40-45,47-48,50-63H2,1-3H3/b11-8-,20-17-,39-26-,49-46-. The minimum atomic E-state index is -0.792. The summed E-state index contributed by atoms with van der Waals surface area (Å²) < 4.78 is 16.9. The molecule has 0 bridgehead atoms. The van der Waals surface area contributed by atoms with Crippen LogP contribution >= 0.6 is 0 Å². The van der Waals surface area contributed by atoms with Crippen LogP contribution in [0.2, 0.25) is 0 Å². The van der Waals surface area contributed by atoms with Crippen LogP contribution in [0.3, 0.4) is 0 Å². The zero-order valence-electron chi connectivity index (χ0n) is 48.9. The summed E-state index contributed by atoms with van der Waals surface area (Å²) in [5.74, 6) is -0.907. The molecule has 0 spiro atoms. The van der Waals surface area contributed by atoms with Crippen LogP contribution in [0, 0.1) is 0 Å². The molecule has 1 unspecified atom stereocenters. The molecular weight excluding hydrogens is 901 g/mol. The lowest BCUT2D eigenvalue weighted by molar-refractivity contribution is -0.167. The van der Waals surface area contributed by atoms with Gasteiger partial charge < -0.3 is 14.2 Å². The van der Waals surface area contributed by atoms with Crippen molar-refractivity contribution >= 4 is 17.9 Å². The molecule has 0 aromatic heterocycles. The second-order valence-electron chi connectivity index (χ2n) is 21.7. The highest BCUT2D eigenvalue weighted by molar-refractivity contribution is 5.71. The van der Waals surface area contributed by atoms with Gasteiger partial charge in [-0.3, -0.25) is 14.4 Å². The quantitative estimate of drug-likeness (QED) is 0.0261. The topological polar surface area (TPSA) is 78.9 Å². The molecule has 0 amide bonds. The van der Waals surface area contributed by atoms with E-state index in [2.05, 4.69) is 69.4 Å². The second-order valence-corrected chi connectivity index (χ2v) is 21.7. The number of rotatable bonds is 59. The summed E-state index contributed by atoms with van der Waals surface area (Å²) in [6, 6.07) is 0. The van der Waals surface area contributed by atoms with Gasteiger partial charge in [-0.2, -0.15) is 0 Å². The average Bonchev–Trinajstić information content (AvgIpc) is 3.39. The summed E-state index contributed by atoms with van der Waals surface area (Å²) in [7, 11) is 0. The van der Waals surface area contributed by atoms with Crippen molar-refractivity contribution < 1.29 is 28.6 Å². The number of unbranched alkanes of at least 4 members (excludes halogenated alkanes) is 40. The van der Waals surface area contributed by atoms with Crippen LogP contribution in [0.25, 0.3) is 0 Å². The van der Waals surface area contributed by atoms with E-state index in [1.54, 1.807) is 0 Å². The summed E-state index contributed by atoms with van der Waals surface area (Å²) in [5, 5.41) is 0. The van der Waals surface area contributed by atoms with Crippen LogP contribution in [0.5, 0.6) is 0 Å². The third-order valence-corrected chi connectivity index (χ3v) is 14.3. The van der Waals surface area contributed by atoms with Crippen molar-refractivity contribution in [2.45, 2.75) is 348 Å². The van der Waals surface area contributed by atoms with E-state index < -0.39 is 6.10 Å². The lowest BCUT2D eigenvalue weighted by Gasteiger charge is -2.18. The third kappa shape index (κ3) is 60.1. The zero-order chi connectivity index (χ0) is 52.9. The molecule has 0 aliphatic heterocycles. The summed E-state index contributed by atoms with van der Waals surface area (Å²) in [4.78, 5) is 38.2. The number of carbonyl (C=O) groups excluding carboxylic acids is 3. The summed E-state index contributed by atoms with van der Waals surface area (Å²) in [5.41, 5.74) is 0. The number of hydrogen-bond donors (Lipinski definition) is 0. The summed E-state index contributed by atoms with van der Waals surface area (Å²) in [6.45, 7) is 6.54. The largest absolute Gasteiger partial charge is 0.462 e. The maximum absolute atomic E-state index is 12.8. The minimum absolute atomic E-state index is 0.0853. The maximum atomic E-state index is 12.8. The number of allylic oxidation sites excluding steroid dienone is 8. The Morgan fingerprint density at radius 3 is 0.836 bits per heavy atom. The first-order valence-electron chi connectivity index (χ1n) is 32.1. The molecule has 0 saturated carbocycles. The Balaban J connectivity index is 4.21. The van der Waals surface area contributed by atoms with Crippen LogP contribution in [0.4, 0.5) is 0 Å². The number of esters is 3. The Morgan fingerprint density at radius 2 is 0.534 bits per heavy atom. The van der Waals surface area contributed by atoms with Crippen molar-refractivity contribution in [2.24, 2.45) is 0 Å². The minimum Gasteiger partial charge on any atom is -0.462 e. The number of ether oxygens (including phenoxy) is 3. The van der Waals surface area contributed by atoms with Gasteiger partial charge in [-0.05, 0) is 57.8 Å². The van der Waals surface area contributed by atoms with Crippen molar-refractivity contribution in [1.82, 2.24) is 0 Å².